The summed E-state index contributed by atoms with van der Waals surface area (Å²) in [6, 6.07) is 4.09. The van der Waals surface area contributed by atoms with Gasteiger partial charge in [0.2, 0.25) is 0 Å². The Balaban J connectivity index is 1.87. The number of anilines is 1. The second-order valence-electron chi connectivity index (χ2n) is 5.09. The molecule has 1 aliphatic heterocycles. The molecule has 1 fully saturated rings. The average molecular weight is 287 g/mol. The predicted octanol–water partition coefficient (Wildman–Crippen LogP) is 3.32. The molecular weight excluding hydrogens is 270 g/mol. The Kier molecular flexibility index (Phi) is 3.53. The van der Waals surface area contributed by atoms with Crippen LogP contribution in [0.4, 0.5) is 5.82 Å². The van der Waals surface area contributed by atoms with Gasteiger partial charge in [0.05, 0.1) is 10.6 Å². The molecule has 3 rings (SSSR count). The Hall–Kier alpha value is -1.75. The standard InChI is InChI=1S/C15H17N3OS/c1-10-14(11(2)19)20-15(17-10)12-5-6-13(16-9-12)18-7-3-4-8-18/h5-6,9H,3-4,7-8H2,1-2H3. The molecule has 0 aliphatic carbocycles. The Morgan fingerprint density at radius 2 is 2.05 bits per heavy atom. The summed E-state index contributed by atoms with van der Waals surface area (Å²) in [4.78, 5) is 23.5. The van der Waals surface area contributed by atoms with Gasteiger partial charge in [-0.25, -0.2) is 9.97 Å². The van der Waals surface area contributed by atoms with Crippen LogP contribution in [0.5, 0.6) is 0 Å². The molecule has 0 spiro atoms. The van der Waals surface area contributed by atoms with Gasteiger partial charge >= 0.3 is 0 Å². The summed E-state index contributed by atoms with van der Waals surface area (Å²) in [6.07, 6.45) is 4.35. The van der Waals surface area contributed by atoms with E-state index in [0.717, 1.165) is 40.0 Å². The van der Waals surface area contributed by atoms with Crippen molar-refractivity contribution in [1.29, 1.82) is 0 Å². The molecule has 0 saturated carbocycles. The van der Waals surface area contributed by atoms with E-state index >= 15 is 0 Å². The normalized spacial score (nSPS) is 14.8. The third-order valence-corrected chi connectivity index (χ3v) is 4.85. The van der Waals surface area contributed by atoms with Crippen molar-refractivity contribution in [2.24, 2.45) is 0 Å². The molecule has 0 unspecified atom stereocenters. The van der Waals surface area contributed by atoms with Crippen LogP contribution in [0.2, 0.25) is 0 Å². The Labute approximate surface area is 122 Å². The van der Waals surface area contributed by atoms with Crippen LogP contribution < -0.4 is 4.90 Å². The number of nitrogens with zero attached hydrogens (tertiary/aromatic N) is 3. The highest BCUT2D eigenvalue weighted by atomic mass is 32.1. The molecule has 0 aromatic carbocycles. The smallest absolute Gasteiger partial charge is 0.171 e. The number of thiazole rings is 1. The minimum Gasteiger partial charge on any atom is -0.357 e. The molecule has 5 heteroatoms. The summed E-state index contributed by atoms with van der Waals surface area (Å²) in [5.74, 6) is 1.11. The van der Waals surface area contributed by atoms with Gasteiger partial charge in [-0.1, -0.05) is 0 Å². The molecule has 0 amide bonds. The van der Waals surface area contributed by atoms with Crippen molar-refractivity contribution in [3.05, 3.63) is 28.9 Å². The van der Waals surface area contributed by atoms with Crippen molar-refractivity contribution in [2.45, 2.75) is 26.7 Å². The molecule has 2 aromatic rings. The lowest BCUT2D eigenvalue weighted by atomic mass is 10.3. The van der Waals surface area contributed by atoms with Crippen molar-refractivity contribution in [3.8, 4) is 10.6 Å². The molecule has 1 aliphatic rings. The highest BCUT2D eigenvalue weighted by Gasteiger charge is 2.15. The van der Waals surface area contributed by atoms with Crippen molar-refractivity contribution in [2.75, 3.05) is 18.0 Å². The maximum Gasteiger partial charge on any atom is 0.171 e. The van der Waals surface area contributed by atoms with Gasteiger partial charge in [0.1, 0.15) is 10.8 Å². The minimum absolute atomic E-state index is 0.0768. The molecule has 0 N–H and O–H groups in total. The van der Waals surface area contributed by atoms with Gasteiger partial charge in [0, 0.05) is 31.8 Å². The highest BCUT2D eigenvalue weighted by molar-refractivity contribution is 7.17. The molecule has 104 valence electrons. The van der Waals surface area contributed by atoms with Crippen LogP contribution in [0.25, 0.3) is 10.6 Å². The lowest BCUT2D eigenvalue weighted by Gasteiger charge is -2.15. The first-order valence-electron chi connectivity index (χ1n) is 6.85. The Bertz CT molecular complexity index is 627. The fourth-order valence-electron chi connectivity index (χ4n) is 2.49. The minimum atomic E-state index is 0.0768. The summed E-state index contributed by atoms with van der Waals surface area (Å²) in [6.45, 7) is 5.65. The van der Waals surface area contributed by atoms with E-state index in [1.54, 1.807) is 6.92 Å². The van der Waals surface area contributed by atoms with Crippen LogP contribution in [0.1, 0.15) is 35.1 Å². The zero-order valence-electron chi connectivity index (χ0n) is 11.7. The molecule has 4 nitrogen and oxygen atoms in total. The number of aromatic nitrogens is 2. The van der Waals surface area contributed by atoms with Gasteiger partial charge in [-0.15, -0.1) is 11.3 Å². The van der Waals surface area contributed by atoms with Gasteiger partial charge < -0.3 is 4.90 Å². The molecule has 20 heavy (non-hydrogen) atoms. The predicted molar refractivity (Wildman–Crippen MR) is 81.5 cm³/mol. The van der Waals surface area contributed by atoms with Crippen LogP contribution in [-0.4, -0.2) is 28.8 Å². The largest absolute Gasteiger partial charge is 0.357 e. The van der Waals surface area contributed by atoms with Crippen LogP contribution >= 0.6 is 11.3 Å². The summed E-state index contributed by atoms with van der Waals surface area (Å²) in [5, 5.41) is 0.869. The van der Waals surface area contributed by atoms with E-state index in [1.807, 2.05) is 25.3 Å². The van der Waals surface area contributed by atoms with E-state index in [1.165, 1.54) is 24.2 Å². The first kappa shape index (κ1) is 13.2. The molecular formula is C15H17N3OS. The van der Waals surface area contributed by atoms with Crippen LogP contribution in [0, 0.1) is 6.92 Å². The van der Waals surface area contributed by atoms with Gasteiger partial charge in [-0.3, -0.25) is 4.79 Å². The van der Waals surface area contributed by atoms with E-state index in [9.17, 15) is 4.79 Å². The van der Waals surface area contributed by atoms with Crippen molar-refractivity contribution < 1.29 is 4.79 Å². The Morgan fingerprint density at radius 1 is 1.30 bits per heavy atom. The summed E-state index contributed by atoms with van der Waals surface area (Å²) >= 11 is 1.44. The number of aryl methyl sites for hydroxylation is 1. The van der Waals surface area contributed by atoms with E-state index in [2.05, 4.69) is 14.9 Å². The van der Waals surface area contributed by atoms with E-state index in [-0.39, 0.29) is 5.78 Å². The van der Waals surface area contributed by atoms with E-state index < -0.39 is 0 Å². The SMILES string of the molecule is CC(=O)c1sc(-c2ccc(N3CCCC3)nc2)nc1C. The second-order valence-corrected chi connectivity index (χ2v) is 6.09. The summed E-state index contributed by atoms with van der Waals surface area (Å²) in [7, 11) is 0. The number of hydrogen-bond acceptors (Lipinski definition) is 5. The van der Waals surface area contributed by atoms with E-state index in [4.69, 9.17) is 0 Å². The monoisotopic (exact) mass is 287 g/mol. The van der Waals surface area contributed by atoms with Crippen molar-refractivity contribution >= 4 is 22.9 Å². The van der Waals surface area contributed by atoms with Crippen molar-refractivity contribution in [3.63, 3.8) is 0 Å². The van der Waals surface area contributed by atoms with Gasteiger partial charge in [-0.2, -0.15) is 0 Å². The maximum atomic E-state index is 11.5. The lowest BCUT2D eigenvalue weighted by molar-refractivity contribution is 0.102. The molecule has 0 radical (unpaired) electrons. The number of rotatable bonds is 3. The summed E-state index contributed by atoms with van der Waals surface area (Å²) < 4.78 is 0. The number of carbonyl (C=O) groups is 1. The second kappa shape index (κ2) is 5.32. The van der Waals surface area contributed by atoms with Gasteiger partial charge in [-0.05, 0) is 31.9 Å². The quantitative estimate of drug-likeness (QED) is 0.812. The fourth-order valence-corrected chi connectivity index (χ4v) is 3.44. The molecule has 0 atom stereocenters. The number of pyridine rings is 1. The van der Waals surface area contributed by atoms with Gasteiger partial charge in [0.25, 0.3) is 0 Å². The average Bonchev–Trinajstić information content (AvgIpc) is 3.08. The third-order valence-electron chi connectivity index (χ3n) is 3.54. The molecule has 2 aromatic heterocycles. The first-order valence-corrected chi connectivity index (χ1v) is 7.66. The number of ketones is 1. The zero-order valence-corrected chi connectivity index (χ0v) is 12.5. The third kappa shape index (κ3) is 2.45. The molecule has 0 bridgehead atoms. The van der Waals surface area contributed by atoms with Gasteiger partial charge in [0.15, 0.2) is 5.78 Å². The number of hydrogen-bond donors (Lipinski definition) is 0. The molecule has 1 saturated heterocycles. The topological polar surface area (TPSA) is 46.1 Å². The number of Topliss-reactive ketones (excluding diaryl/α,β-unsaturated/α-hetero) is 1. The highest BCUT2D eigenvalue weighted by Crippen LogP contribution is 2.29. The van der Waals surface area contributed by atoms with Crippen molar-refractivity contribution in [1.82, 2.24) is 9.97 Å². The fraction of sp³-hybridized carbons (Fsp3) is 0.400. The zero-order chi connectivity index (χ0) is 14.1. The van der Waals surface area contributed by atoms with E-state index in [0.29, 0.717) is 0 Å². The first-order chi connectivity index (χ1) is 9.65. The van der Waals surface area contributed by atoms with Crippen LogP contribution in [-0.2, 0) is 0 Å². The lowest BCUT2D eigenvalue weighted by Crippen LogP contribution is -2.18. The summed E-state index contributed by atoms with van der Waals surface area (Å²) in [5.41, 5.74) is 1.79. The number of carbonyl (C=O) groups excluding carboxylic acids is 1. The van der Waals surface area contributed by atoms with Crippen LogP contribution in [0.15, 0.2) is 18.3 Å². The Morgan fingerprint density at radius 3 is 2.60 bits per heavy atom. The molecule has 3 heterocycles. The van der Waals surface area contributed by atoms with Crippen LogP contribution in [0.3, 0.4) is 0 Å². The maximum absolute atomic E-state index is 11.5.